The van der Waals surface area contributed by atoms with E-state index in [-0.39, 0.29) is 5.54 Å². The summed E-state index contributed by atoms with van der Waals surface area (Å²) in [6.07, 6.45) is 2.88. The van der Waals surface area contributed by atoms with Gasteiger partial charge in [-0.1, -0.05) is 30.3 Å². The van der Waals surface area contributed by atoms with Crippen molar-refractivity contribution in [3.8, 4) is 0 Å². The molecule has 1 atom stereocenters. The van der Waals surface area contributed by atoms with E-state index >= 15 is 0 Å². The van der Waals surface area contributed by atoms with Gasteiger partial charge in [-0.05, 0) is 52.7 Å². The summed E-state index contributed by atoms with van der Waals surface area (Å²) in [6.45, 7) is 7.07. The van der Waals surface area contributed by atoms with Gasteiger partial charge in [0.05, 0.1) is 20.4 Å². The summed E-state index contributed by atoms with van der Waals surface area (Å²) in [4.78, 5) is 4.52. The Balaban J connectivity index is 0.000000841. The van der Waals surface area contributed by atoms with Gasteiger partial charge in [-0.25, -0.2) is 0 Å². The molecule has 132 valence electrons. The number of nitrogens with zero attached hydrogens (tertiary/aromatic N) is 2. The lowest BCUT2D eigenvalue weighted by Crippen LogP contribution is -2.58. The molecule has 1 rings (SSSR count). The van der Waals surface area contributed by atoms with Crippen LogP contribution in [0.4, 0.5) is 0 Å². The van der Waals surface area contributed by atoms with E-state index < -0.39 is 10.2 Å². The number of hydrogen-bond acceptors (Lipinski definition) is 6. The second-order valence-electron chi connectivity index (χ2n) is 5.99. The molecular weight excluding hydrogens is 320 g/mol. The Morgan fingerprint density at radius 1 is 1.13 bits per heavy atom. The highest BCUT2D eigenvalue weighted by Crippen LogP contribution is 2.27. The van der Waals surface area contributed by atoms with Crippen LogP contribution in [0.1, 0.15) is 18.1 Å². The number of rotatable bonds is 6. The van der Waals surface area contributed by atoms with Crippen LogP contribution in [0.25, 0.3) is 0 Å². The normalized spacial score (nSPS) is 14.2. The van der Waals surface area contributed by atoms with Gasteiger partial charge < -0.3 is 4.90 Å². The lowest BCUT2D eigenvalue weighted by molar-refractivity contribution is -1.92. The molecule has 0 aliphatic heterocycles. The average Bonchev–Trinajstić information content (AvgIpc) is 2.36. The van der Waals surface area contributed by atoms with Gasteiger partial charge in [-0.2, -0.15) is 14.0 Å². The molecule has 23 heavy (non-hydrogen) atoms. The van der Waals surface area contributed by atoms with Crippen LogP contribution in [0, 0.1) is 10.2 Å². The molecule has 6 nitrogen and oxygen atoms in total. The Kier molecular flexibility index (Phi) is 8.94. The zero-order valence-corrected chi connectivity index (χ0v) is 15.2. The fourth-order valence-corrected chi connectivity index (χ4v) is 2.27. The van der Waals surface area contributed by atoms with Crippen LogP contribution in [0.15, 0.2) is 36.9 Å². The Bertz CT molecular complexity index is 466. The van der Waals surface area contributed by atoms with Crippen molar-refractivity contribution in [2.75, 3.05) is 34.7 Å². The van der Waals surface area contributed by atoms with Crippen LogP contribution in [0.2, 0.25) is 0 Å². The fourth-order valence-electron chi connectivity index (χ4n) is 2.27. The van der Waals surface area contributed by atoms with Gasteiger partial charge in [0.1, 0.15) is 0 Å². The van der Waals surface area contributed by atoms with Gasteiger partial charge in [0, 0.05) is 6.54 Å². The Morgan fingerprint density at radius 3 is 1.87 bits per heavy atom. The fraction of sp³-hybridized carbons (Fsp3) is 0.500. The van der Waals surface area contributed by atoms with E-state index in [1.165, 1.54) is 11.1 Å². The SMILES string of the molecule is C=CCc1ccc(C(C)(CN(C)C)N(C)C)cc1.[O-][Cl+3]([O-])([O-])O. The van der Waals surface area contributed by atoms with E-state index in [9.17, 15) is 0 Å². The lowest BCUT2D eigenvalue weighted by Gasteiger charge is -2.39. The standard InChI is InChI=1S/C16H26N2.ClHO4/c1-7-8-14-9-11-15(12-10-14)16(2,18(5)6)13-17(3)4;2-1(3,4)5/h7,9-12H,1,8,13H2,2-6H3;(H,2,3,4,5). The molecule has 0 aromatic heterocycles. The van der Waals surface area contributed by atoms with Crippen molar-refractivity contribution < 1.29 is 28.9 Å². The monoisotopic (exact) mass is 346 g/mol. The van der Waals surface area contributed by atoms with Crippen LogP contribution >= 0.6 is 0 Å². The highest BCUT2D eigenvalue weighted by molar-refractivity contribution is 5.29. The van der Waals surface area contributed by atoms with Crippen molar-refractivity contribution in [3.63, 3.8) is 0 Å². The number of benzene rings is 1. The van der Waals surface area contributed by atoms with Crippen LogP contribution in [-0.2, 0) is 12.0 Å². The van der Waals surface area contributed by atoms with Gasteiger partial charge >= 0.3 is 0 Å². The number of allylic oxidation sites excluding steroid dienone is 1. The summed E-state index contributed by atoms with van der Waals surface area (Å²) in [5, 5.41) is 0. The zero-order valence-electron chi connectivity index (χ0n) is 14.5. The highest BCUT2D eigenvalue weighted by Gasteiger charge is 2.29. The van der Waals surface area contributed by atoms with Crippen LogP contribution in [0.5, 0.6) is 0 Å². The summed E-state index contributed by atoms with van der Waals surface area (Å²) in [5.41, 5.74) is 2.71. The second kappa shape index (κ2) is 9.34. The van der Waals surface area contributed by atoms with E-state index in [1.54, 1.807) is 0 Å². The van der Waals surface area contributed by atoms with Crippen molar-refractivity contribution in [2.45, 2.75) is 18.9 Å². The van der Waals surface area contributed by atoms with Crippen LogP contribution < -0.4 is 14.0 Å². The van der Waals surface area contributed by atoms with Gasteiger partial charge in [0.25, 0.3) is 0 Å². The summed E-state index contributed by atoms with van der Waals surface area (Å²) < 4.78 is 32.7. The van der Waals surface area contributed by atoms with Crippen molar-refractivity contribution in [1.29, 1.82) is 0 Å². The molecule has 0 amide bonds. The maximum atomic E-state index is 8.60. The van der Waals surface area contributed by atoms with E-state index in [1.807, 2.05) is 6.08 Å². The third-order valence-electron chi connectivity index (χ3n) is 3.57. The molecule has 0 fully saturated rings. The molecule has 0 saturated carbocycles. The Hall–Kier alpha value is -0.990. The molecule has 0 heterocycles. The third-order valence-corrected chi connectivity index (χ3v) is 3.57. The lowest BCUT2D eigenvalue weighted by atomic mass is 9.89. The molecular formula is C16H27ClN2O4. The predicted molar refractivity (Wildman–Crippen MR) is 82.2 cm³/mol. The molecule has 1 N–H and O–H groups in total. The molecule has 0 spiro atoms. The first kappa shape index (κ1) is 22.0. The van der Waals surface area contributed by atoms with E-state index in [0.717, 1.165) is 13.0 Å². The number of halogens is 1. The maximum Gasteiger partial charge on any atom is 0.0777 e. The molecule has 0 bridgehead atoms. The van der Waals surface area contributed by atoms with Crippen LogP contribution in [0.3, 0.4) is 0 Å². The van der Waals surface area contributed by atoms with Crippen molar-refractivity contribution in [2.24, 2.45) is 0 Å². The molecule has 0 aliphatic rings. The van der Waals surface area contributed by atoms with Crippen molar-refractivity contribution >= 4 is 0 Å². The van der Waals surface area contributed by atoms with Gasteiger partial charge in [0.2, 0.25) is 0 Å². The van der Waals surface area contributed by atoms with E-state index in [4.69, 9.17) is 18.6 Å². The second-order valence-corrected chi connectivity index (χ2v) is 6.78. The number of hydrogen-bond donors (Lipinski definition) is 1. The average molecular weight is 347 g/mol. The molecule has 7 heteroatoms. The Labute approximate surface area is 141 Å². The van der Waals surface area contributed by atoms with Gasteiger partial charge in [-0.3, -0.25) is 4.90 Å². The van der Waals surface area contributed by atoms with Gasteiger partial charge in [0.15, 0.2) is 0 Å². The minimum absolute atomic E-state index is 0.0379. The smallest absolute Gasteiger partial charge is 0.0777 e. The van der Waals surface area contributed by atoms with Crippen molar-refractivity contribution in [3.05, 3.63) is 48.0 Å². The van der Waals surface area contributed by atoms with Crippen molar-refractivity contribution in [1.82, 2.24) is 9.80 Å². The highest BCUT2D eigenvalue weighted by atomic mass is 35.7. The molecule has 0 saturated heterocycles. The summed E-state index contributed by atoms with van der Waals surface area (Å²) >= 11 is 0. The topological polar surface area (TPSA) is 95.9 Å². The quantitative estimate of drug-likeness (QED) is 0.638. The first-order valence-corrected chi connectivity index (χ1v) is 8.32. The molecule has 1 unspecified atom stereocenters. The molecule has 1 aromatic carbocycles. The minimum atomic E-state index is -4.69. The summed E-state index contributed by atoms with van der Waals surface area (Å²) in [6, 6.07) is 8.88. The van der Waals surface area contributed by atoms with E-state index in [0.29, 0.717) is 0 Å². The first-order valence-electron chi connectivity index (χ1n) is 7.06. The number of likely N-dealkylation sites (N-methyl/N-ethyl adjacent to an activating group) is 2. The molecule has 0 aliphatic carbocycles. The summed E-state index contributed by atoms with van der Waals surface area (Å²) in [5.74, 6) is 0. The van der Waals surface area contributed by atoms with E-state index in [2.05, 4.69) is 75.8 Å². The van der Waals surface area contributed by atoms with Gasteiger partial charge in [-0.15, -0.1) is 6.58 Å². The maximum absolute atomic E-state index is 8.60. The molecule has 1 aromatic rings. The Morgan fingerprint density at radius 2 is 1.57 bits per heavy atom. The molecule has 0 radical (unpaired) electrons. The first-order chi connectivity index (χ1) is 10.4. The van der Waals surface area contributed by atoms with Crippen LogP contribution in [-0.4, -0.2) is 49.2 Å². The summed E-state index contributed by atoms with van der Waals surface area (Å²) in [7, 11) is 3.82. The largest absolute Gasteiger partial charge is 0.307 e. The third kappa shape index (κ3) is 9.02. The zero-order chi connectivity index (χ0) is 18.3. The minimum Gasteiger partial charge on any atom is -0.307 e. The predicted octanol–water partition coefficient (Wildman–Crippen LogP) is -1.37.